The molecule has 0 aliphatic carbocycles. The molecule has 0 spiro atoms. The SMILES string of the molecule is C[C@H](N=C1NS(=O)(=O)c2ccccc21)C(=O)OCC(=O)N(C)CC1COc2ccccc2O1. The molecule has 2 atom stereocenters. The smallest absolute Gasteiger partial charge is 0.331 e. The maximum atomic E-state index is 12.4. The van der Waals surface area contributed by atoms with Crippen LogP contribution in [-0.2, 0) is 24.3 Å². The van der Waals surface area contributed by atoms with Gasteiger partial charge in [0, 0.05) is 12.6 Å². The van der Waals surface area contributed by atoms with Crippen molar-refractivity contribution in [3.63, 3.8) is 0 Å². The second-order valence-electron chi connectivity index (χ2n) is 7.63. The number of hydrogen-bond acceptors (Lipinski definition) is 8. The molecule has 174 valence electrons. The lowest BCUT2D eigenvalue weighted by Gasteiger charge is -2.29. The number of nitrogens with one attached hydrogen (secondary N) is 1. The van der Waals surface area contributed by atoms with Crippen LogP contribution in [0.25, 0.3) is 0 Å². The first kappa shape index (κ1) is 22.6. The molecule has 4 rings (SSSR count). The van der Waals surface area contributed by atoms with Crippen molar-refractivity contribution >= 4 is 27.7 Å². The topological polar surface area (TPSA) is 124 Å². The number of fused-ring (bicyclic) bond motifs is 2. The average molecular weight is 474 g/mol. The first-order chi connectivity index (χ1) is 15.7. The predicted octanol–water partition coefficient (Wildman–Crippen LogP) is 0.955. The van der Waals surface area contributed by atoms with Gasteiger partial charge in [0.1, 0.15) is 18.5 Å². The van der Waals surface area contributed by atoms with Crippen molar-refractivity contribution in [2.45, 2.75) is 24.0 Å². The third kappa shape index (κ3) is 4.92. The van der Waals surface area contributed by atoms with Crippen molar-refractivity contribution in [3.05, 3.63) is 54.1 Å². The first-order valence-corrected chi connectivity index (χ1v) is 11.7. The Balaban J connectivity index is 1.30. The Labute approximate surface area is 191 Å². The van der Waals surface area contributed by atoms with Crippen molar-refractivity contribution in [2.75, 3.05) is 26.8 Å². The quantitative estimate of drug-likeness (QED) is 0.620. The van der Waals surface area contributed by atoms with Gasteiger partial charge in [0.05, 0.1) is 11.4 Å². The average Bonchev–Trinajstić information content (AvgIpc) is 3.06. The van der Waals surface area contributed by atoms with Gasteiger partial charge in [-0.3, -0.25) is 14.5 Å². The lowest BCUT2D eigenvalue weighted by molar-refractivity contribution is -0.152. The van der Waals surface area contributed by atoms with Gasteiger partial charge >= 0.3 is 5.97 Å². The van der Waals surface area contributed by atoms with E-state index >= 15 is 0 Å². The van der Waals surface area contributed by atoms with Gasteiger partial charge in [0.15, 0.2) is 24.2 Å². The fraction of sp³-hybridized carbons (Fsp3) is 0.318. The van der Waals surface area contributed by atoms with E-state index in [2.05, 4.69) is 9.71 Å². The predicted molar refractivity (Wildman–Crippen MR) is 118 cm³/mol. The summed E-state index contributed by atoms with van der Waals surface area (Å²) in [6.07, 6.45) is -0.356. The second kappa shape index (κ2) is 9.10. The van der Waals surface area contributed by atoms with E-state index in [0.29, 0.717) is 23.7 Å². The van der Waals surface area contributed by atoms with Gasteiger partial charge in [-0.2, -0.15) is 0 Å². The number of nitrogens with zero attached hydrogens (tertiary/aromatic N) is 2. The molecule has 2 aliphatic rings. The van der Waals surface area contributed by atoms with Crippen LogP contribution in [0.3, 0.4) is 0 Å². The van der Waals surface area contributed by atoms with Crippen LogP contribution in [0.4, 0.5) is 0 Å². The zero-order chi connectivity index (χ0) is 23.6. The monoisotopic (exact) mass is 473 g/mol. The van der Waals surface area contributed by atoms with Crippen LogP contribution in [0.2, 0.25) is 0 Å². The summed E-state index contributed by atoms with van der Waals surface area (Å²) < 4.78 is 43.2. The van der Waals surface area contributed by atoms with E-state index in [0.717, 1.165) is 0 Å². The number of rotatable bonds is 6. The van der Waals surface area contributed by atoms with E-state index in [1.807, 2.05) is 12.1 Å². The van der Waals surface area contributed by atoms with Crippen LogP contribution in [0.5, 0.6) is 11.5 Å². The maximum Gasteiger partial charge on any atom is 0.331 e. The van der Waals surface area contributed by atoms with E-state index in [-0.39, 0.29) is 23.4 Å². The number of likely N-dealkylation sites (N-methyl/N-ethyl adjacent to an activating group) is 1. The Bertz CT molecular complexity index is 1210. The summed E-state index contributed by atoms with van der Waals surface area (Å²) in [5.41, 5.74) is 0.379. The van der Waals surface area contributed by atoms with Gasteiger partial charge in [-0.15, -0.1) is 0 Å². The highest BCUT2D eigenvalue weighted by molar-refractivity contribution is 7.90. The highest BCUT2D eigenvalue weighted by atomic mass is 32.2. The number of esters is 1. The van der Waals surface area contributed by atoms with Crippen molar-refractivity contribution < 1.29 is 32.2 Å². The number of amidine groups is 1. The molecule has 2 aromatic carbocycles. The molecule has 10 nitrogen and oxygen atoms in total. The van der Waals surface area contributed by atoms with E-state index in [1.165, 1.54) is 17.9 Å². The molecule has 2 heterocycles. The zero-order valence-electron chi connectivity index (χ0n) is 18.1. The summed E-state index contributed by atoms with van der Waals surface area (Å²) in [7, 11) is -2.13. The van der Waals surface area contributed by atoms with Crippen molar-refractivity contribution in [1.82, 2.24) is 9.62 Å². The van der Waals surface area contributed by atoms with Gasteiger partial charge in [0.2, 0.25) is 0 Å². The summed E-state index contributed by atoms with van der Waals surface area (Å²) in [6.45, 7) is 1.53. The van der Waals surface area contributed by atoms with Crippen LogP contribution in [-0.4, -0.2) is 70.0 Å². The van der Waals surface area contributed by atoms with Crippen LogP contribution in [0, 0.1) is 0 Å². The van der Waals surface area contributed by atoms with Gasteiger partial charge < -0.3 is 19.1 Å². The number of aliphatic imine (C=N–C) groups is 1. The van der Waals surface area contributed by atoms with E-state index in [9.17, 15) is 18.0 Å². The molecule has 1 N–H and O–H groups in total. The lowest BCUT2D eigenvalue weighted by atomic mass is 10.2. The van der Waals surface area contributed by atoms with Gasteiger partial charge in [-0.05, 0) is 31.2 Å². The summed E-state index contributed by atoms with van der Waals surface area (Å²) in [5.74, 6) is 0.155. The van der Waals surface area contributed by atoms with Gasteiger partial charge in [-0.1, -0.05) is 24.3 Å². The molecule has 33 heavy (non-hydrogen) atoms. The molecule has 11 heteroatoms. The summed E-state index contributed by atoms with van der Waals surface area (Å²) in [5, 5.41) is 0. The standard InChI is InChI=1S/C22H23N3O7S/c1-14(23-21-16-7-3-6-10-19(16)33(28,29)24-21)22(27)31-13-20(26)25(2)11-15-12-30-17-8-4-5-9-18(17)32-15/h3-10,14-15H,11-13H2,1-2H3,(H,23,24)/t14-,15?/m0/s1. The molecule has 0 fully saturated rings. The maximum absolute atomic E-state index is 12.4. The number of para-hydroxylation sites is 2. The second-order valence-corrected chi connectivity index (χ2v) is 9.29. The molecule has 0 bridgehead atoms. The molecular formula is C22H23N3O7S. The molecule has 1 unspecified atom stereocenters. The van der Waals surface area contributed by atoms with Crippen molar-refractivity contribution in [2.24, 2.45) is 4.99 Å². The Kier molecular flexibility index (Phi) is 6.23. The van der Waals surface area contributed by atoms with Crippen LogP contribution >= 0.6 is 0 Å². The minimum Gasteiger partial charge on any atom is -0.486 e. The fourth-order valence-electron chi connectivity index (χ4n) is 3.40. The third-order valence-electron chi connectivity index (χ3n) is 5.14. The van der Waals surface area contributed by atoms with E-state index < -0.39 is 34.5 Å². The summed E-state index contributed by atoms with van der Waals surface area (Å²) in [6, 6.07) is 12.6. The molecular weight excluding hydrogens is 450 g/mol. The van der Waals surface area contributed by atoms with Gasteiger partial charge in [0.25, 0.3) is 15.9 Å². The number of sulfonamides is 1. The molecule has 0 saturated heterocycles. The highest BCUT2D eigenvalue weighted by Gasteiger charge is 2.31. The Morgan fingerprint density at radius 1 is 1.18 bits per heavy atom. The number of benzene rings is 2. The molecule has 1 amide bonds. The number of carbonyl (C=O) groups excluding carboxylic acids is 2. The highest BCUT2D eigenvalue weighted by Crippen LogP contribution is 2.31. The molecule has 2 aliphatic heterocycles. The van der Waals surface area contributed by atoms with Crippen LogP contribution in [0.15, 0.2) is 58.4 Å². The summed E-state index contributed by atoms with van der Waals surface area (Å²) in [4.78, 5) is 30.4. The number of ether oxygens (including phenoxy) is 3. The van der Waals surface area contributed by atoms with Crippen LogP contribution in [0.1, 0.15) is 12.5 Å². The minimum atomic E-state index is -3.71. The number of hydrogen-bond donors (Lipinski definition) is 1. The fourth-order valence-corrected chi connectivity index (χ4v) is 4.64. The molecule has 0 aromatic heterocycles. The number of carbonyl (C=O) groups is 2. The Morgan fingerprint density at radius 3 is 2.67 bits per heavy atom. The van der Waals surface area contributed by atoms with Gasteiger partial charge in [-0.25, -0.2) is 13.2 Å². The van der Waals surface area contributed by atoms with E-state index in [1.54, 1.807) is 37.4 Å². The van der Waals surface area contributed by atoms with Crippen molar-refractivity contribution in [3.8, 4) is 11.5 Å². The lowest BCUT2D eigenvalue weighted by Crippen LogP contribution is -2.43. The Morgan fingerprint density at radius 2 is 1.88 bits per heavy atom. The molecule has 2 aromatic rings. The third-order valence-corrected chi connectivity index (χ3v) is 6.53. The minimum absolute atomic E-state index is 0.0632. The van der Waals surface area contributed by atoms with Crippen LogP contribution < -0.4 is 14.2 Å². The zero-order valence-corrected chi connectivity index (χ0v) is 18.9. The molecule has 0 saturated carbocycles. The van der Waals surface area contributed by atoms with E-state index in [4.69, 9.17) is 14.2 Å². The van der Waals surface area contributed by atoms with Crippen molar-refractivity contribution in [1.29, 1.82) is 0 Å². The Hall–Kier alpha value is -3.60. The largest absolute Gasteiger partial charge is 0.486 e. The normalized spacial score (nSPS) is 19.8. The first-order valence-electron chi connectivity index (χ1n) is 10.2. The molecule has 0 radical (unpaired) electrons. The summed E-state index contributed by atoms with van der Waals surface area (Å²) >= 11 is 0. The number of amides is 1.